The van der Waals surface area contributed by atoms with Crippen LogP contribution in [0.15, 0.2) is 4.99 Å². The second-order valence-corrected chi connectivity index (χ2v) is 7.65. The van der Waals surface area contributed by atoms with Crippen molar-refractivity contribution < 1.29 is 14.3 Å². The van der Waals surface area contributed by atoms with E-state index in [1.54, 1.807) is 7.11 Å². The molecule has 1 aliphatic rings. The first kappa shape index (κ1) is 21.5. The van der Waals surface area contributed by atoms with Gasteiger partial charge in [0.2, 0.25) is 0 Å². The number of likely N-dealkylation sites (tertiary alicyclic amines) is 1. The summed E-state index contributed by atoms with van der Waals surface area (Å²) in [6.45, 7) is 13.4. The maximum Gasteiger partial charge on any atom is 0.410 e. The van der Waals surface area contributed by atoms with Crippen LogP contribution >= 0.6 is 0 Å². The molecular formula is C18H36N4O3. The molecule has 1 amide bonds. The largest absolute Gasteiger partial charge is 0.444 e. The number of hydrogen-bond acceptors (Lipinski definition) is 4. The lowest BCUT2D eigenvalue weighted by molar-refractivity contribution is 0.0170. The quantitative estimate of drug-likeness (QED) is 0.564. The molecule has 0 aromatic rings. The van der Waals surface area contributed by atoms with Crippen molar-refractivity contribution in [2.75, 3.05) is 39.9 Å². The van der Waals surface area contributed by atoms with Crippen molar-refractivity contribution in [1.29, 1.82) is 0 Å². The highest BCUT2D eigenvalue weighted by molar-refractivity contribution is 5.80. The number of carbonyl (C=O) groups is 1. The molecular weight excluding hydrogens is 320 g/mol. The molecule has 0 bridgehead atoms. The topological polar surface area (TPSA) is 75.2 Å². The van der Waals surface area contributed by atoms with E-state index in [0.717, 1.165) is 31.9 Å². The Morgan fingerprint density at radius 3 is 2.72 bits per heavy atom. The molecule has 2 N–H and O–H groups in total. The molecule has 7 heteroatoms. The van der Waals surface area contributed by atoms with Crippen LogP contribution in [0.5, 0.6) is 0 Å². The van der Waals surface area contributed by atoms with Gasteiger partial charge in [0.1, 0.15) is 5.60 Å². The first-order chi connectivity index (χ1) is 11.7. The number of hydrogen-bond donors (Lipinski definition) is 2. The van der Waals surface area contributed by atoms with Crippen LogP contribution in [0.4, 0.5) is 4.79 Å². The Bertz CT molecular complexity index is 435. The second-order valence-electron chi connectivity index (χ2n) is 7.65. The van der Waals surface area contributed by atoms with Crippen LogP contribution < -0.4 is 10.6 Å². The van der Waals surface area contributed by atoms with E-state index in [0.29, 0.717) is 25.6 Å². The van der Waals surface area contributed by atoms with Gasteiger partial charge in [0.15, 0.2) is 5.96 Å². The zero-order chi connectivity index (χ0) is 18.9. The Hall–Kier alpha value is -1.50. The molecule has 1 rings (SSSR count). The summed E-state index contributed by atoms with van der Waals surface area (Å²) in [5.41, 5.74) is -0.457. The normalized spacial score (nSPS) is 20.2. The second kappa shape index (κ2) is 10.5. The molecule has 0 spiro atoms. The fraction of sp³-hybridized carbons (Fsp3) is 0.889. The van der Waals surface area contributed by atoms with E-state index in [1.807, 2.05) is 32.6 Å². The van der Waals surface area contributed by atoms with Crippen LogP contribution in [0.3, 0.4) is 0 Å². The first-order valence-corrected chi connectivity index (χ1v) is 9.26. The molecule has 0 aromatic heterocycles. The van der Waals surface area contributed by atoms with Gasteiger partial charge in [0.05, 0.1) is 6.61 Å². The third-order valence-corrected chi connectivity index (χ3v) is 3.82. The first-order valence-electron chi connectivity index (χ1n) is 9.26. The highest BCUT2D eigenvalue weighted by Crippen LogP contribution is 2.19. The van der Waals surface area contributed by atoms with Crippen molar-refractivity contribution in [3.8, 4) is 0 Å². The van der Waals surface area contributed by atoms with Gasteiger partial charge in [-0.05, 0) is 53.4 Å². The van der Waals surface area contributed by atoms with Gasteiger partial charge in [-0.25, -0.2) is 4.79 Å². The number of piperidine rings is 1. The lowest BCUT2D eigenvalue weighted by atomic mass is 9.98. The van der Waals surface area contributed by atoms with Crippen LogP contribution in [-0.4, -0.2) is 68.5 Å². The van der Waals surface area contributed by atoms with E-state index in [4.69, 9.17) is 9.47 Å². The van der Waals surface area contributed by atoms with Gasteiger partial charge in [-0.15, -0.1) is 0 Å². The summed E-state index contributed by atoms with van der Waals surface area (Å²) in [7, 11) is 1.69. The van der Waals surface area contributed by atoms with Crippen molar-refractivity contribution in [2.24, 2.45) is 10.9 Å². The Labute approximate surface area is 152 Å². The summed E-state index contributed by atoms with van der Waals surface area (Å²) in [4.78, 5) is 18.7. The minimum Gasteiger partial charge on any atom is -0.444 e. The van der Waals surface area contributed by atoms with Gasteiger partial charge in [-0.2, -0.15) is 0 Å². The molecule has 146 valence electrons. The number of aliphatic imine (C=N–C) groups is 1. The summed E-state index contributed by atoms with van der Waals surface area (Å²) < 4.78 is 10.6. The summed E-state index contributed by atoms with van der Waals surface area (Å²) in [5.74, 6) is 1.15. The smallest absolute Gasteiger partial charge is 0.410 e. The monoisotopic (exact) mass is 356 g/mol. The highest BCUT2D eigenvalue weighted by Gasteiger charge is 2.27. The Balaban J connectivity index is 2.56. The summed E-state index contributed by atoms with van der Waals surface area (Å²) in [5, 5.41) is 6.59. The molecule has 2 unspecified atom stereocenters. The molecule has 0 radical (unpaired) electrons. The van der Waals surface area contributed by atoms with E-state index in [2.05, 4.69) is 22.5 Å². The summed E-state index contributed by atoms with van der Waals surface area (Å²) >= 11 is 0. The number of nitrogens with zero attached hydrogens (tertiary/aromatic N) is 2. The van der Waals surface area contributed by atoms with E-state index < -0.39 is 5.60 Å². The average Bonchev–Trinajstić information content (AvgIpc) is 2.52. The van der Waals surface area contributed by atoms with Gasteiger partial charge in [0.25, 0.3) is 0 Å². The predicted molar refractivity (Wildman–Crippen MR) is 101 cm³/mol. The van der Waals surface area contributed by atoms with Crippen molar-refractivity contribution in [3.63, 3.8) is 0 Å². The van der Waals surface area contributed by atoms with E-state index >= 15 is 0 Å². The molecule has 0 aliphatic carbocycles. The van der Waals surface area contributed by atoms with Crippen LogP contribution in [0.1, 0.15) is 47.5 Å². The third kappa shape index (κ3) is 8.95. The number of guanidine groups is 1. The Kier molecular flexibility index (Phi) is 9.03. The lowest BCUT2D eigenvalue weighted by Gasteiger charge is -2.33. The molecule has 0 saturated carbocycles. The number of carbonyl (C=O) groups excluding carboxylic acids is 1. The average molecular weight is 357 g/mol. The van der Waals surface area contributed by atoms with Crippen LogP contribution in [0.2, 0.25) is 0 Å². The molecule has 7 nitrogen and oxygen atoms in total. The number of rotatable bonds is 6. The minimum absolute atomic E-state index is 0.187. The fourth-order valence-electron chi connectivity index (χ4n) is 2.77. The molecule has 1 aliphatic heterocycles. The maximum absolute atomic E-state index is 12.2. The molecule has 1 fully saturated rings. The van der Waals surface area contributed by atoms with E-state index in [9.17, 15) is 4.79 Å². The van der Waals surface area contributed by atoms with Crippen LogP contribution in [0, 0.1) is 5.92 Å². The Morgan fingerprint density at radius 1 is 1.40 bits per heavy atom. The van der Waals surface area contributed by atoms with Gasteiger partial charge in [-0.3, -0.25) is 4.99 Å². The highest BCUT2D eigenvalue weighted by atomic mass is 16.6. The van der Waals surface area contributed by atoms with E-state index in [1.165, 1.54) is 0 Å². The number of ether oxygens (including phenoxy) is 2. The summed E-state index contributed by atoms with van der Waals surface area (Å²) in [6, 6.07) is 0.187. The van der Waals surface area contributed by atoms with Crippen LogP contribution in [-0.2, 0) is 9.47 Å². The minimum atomic E-state index is -0.457. The van der Waals surface area contributed by atoms with E-state index in [-0.39, 0.29) is 12.1 Å². The number of nitrogens with one attached hydrogen (secondary N) is 2. The molecule has 25 heavy (non-hydrogen) atoms. The van der Waals surface area contributed by atoms with Crippen molar-refractivity contribution >= 4 is 12.1 Å². The SMILES string of the molecule is CCNC(=NCC1CCCN(C(=O)OC(C)(C)C)C1)NC(C)COC. The number of amides is 1. The maximum atomic E-state index is 12.2. The lowest BCUT2D eigenvalue weighted by Crippen LogP contribution is -2.45. The predicted octanol–water partition coefficient (Wildman–Crippen LogP) is 2.22. The molecule has 1 saturated heterocycles. The van der Waals surface area contributed by atoms with Gasteiger partial charge >= 0.3 is 6.09 Å². The van der Waals surface area contributed by atoms with Crippen LogP contribution in [0.25, 0.3) is 0 Å². The van der Waals surface area contributed by atoms with Gasteiger partial charge in [0, 0.05) is 39.3 Å². The fourth-order valence-corrected chi connectivity index (χ4v) is 2.77. The standard InChI is InChI=1S/C18H36N4O3/c1-7-19-16(21-14(2)13-24-6)20-11-15-9-8-10-22(12-15)17(23)25-18(3,4)5/h14-15H,7-13H2,1-6H3,(H2,19,20,21). The third-order valence-electron chi connectivity index (χ3n) is 3.82. The molecule has 1 heterocycles. The summed E-state index contributed by atoms with van der Waals surface area (Å²) in [6.07, 6.45) is 1.85. The van der Waals surface area contributed by atoms with Crippen molar-refractivity contribution in [3.05, 3.63) is 0 Å². The number of methoxy groups -OCH3 is 1. The Morgan fingerprint density at radius 2 is 2.12 bits per heavy atom. The van der Waals surface area contributed by atoms with Gasteiger partial charge in [-0.1, -0.05) is 0 Å². The molecule has 0 aromatic carbocycles. The van der Waals surface area contributed by atoms with Gasteiger partial charge < -0.3 is 25.0 Å². The van der Waals surface area contributed by atoms with Crippen molar-refractivity contribution in [2.45, 2.75) is 59.1 Å². The zero-order valence-electron chi connectivity index (χ0n) is 16.7. The van der Waals surface area contributed by atoms with Crippen molar-refractivity contribution in [1.82, 2.24) is 15.5 Å². The zero-order valence-corrected chi connectivity index (χ0v) is 16.7. The molecule has 2 atom stereocenters.